The SMILES string of the molecule is Fc1cc(F)c(NC2CCC23CCCCC3)cc1F. The molecule has 4 heteroatoms. The van der Waals surface area contributed by atoms with Crippen molar-refractivity contribution in [3.8, 4) is 0 Å². The van der Waals surface area contributed by atoms with Crippen LogP contribution in [-0.4, -0.2) is 6.04 Å². The second-order valence-corrected chi connectivity index (χ2v) is 5.90. The third kappa shape index (κ3) is 2.21. The minimum absolute atomic E-state index is 0.0912. The Labute approximate surface area is 111 Å². The number of hydrogen-bond donors (Lipinski definition) is 1. The van der Waals surface area contributed by atoms with E-state index >= 15 is 0 Å². The predicted molar refractivity (Wildman–Crippen MR) is 68.5 cm³/mol. The van der Waals surface area contributed by atoms with Crippen LogP contribution in [0.15, 0.2) is 12.1 Å². The van der Waals surface area contributed by atoms with Crippen LogP contribution in [0.2, 0.25) is 0 Å². The topological polar surface area (TPSA) is 12.0 Å². The maximum absolute atomic E-state index is 13.6. The highest BCUT2D eigenvalue weighted by Crippen LogP contribution is 2.52. The summed E-state index contributed by atoms with van der Waals surface area (Å²) in [6.07, 6.45) is 8.19. The predicted octanol–water partition coefficient (Wildman–Crippen LogP) is 4.63. The Kier molecular flexibility index (Phi) is 3.19. The van der Waals surface area contributed by atoms with Crippen LogP contribution in [0.25, 0.3) is 0 Å². The number of rotatable bonds is 2. The molecule has 2 aliphatic carbocycles. The molecule has 0 aromatic heterocycles. The molecule has 0 saturated heterocycles. The van der Waals surface area contributed by atoms with E-state index in [2.05, 4.69) is 5.32 Å². The van der Waals surface area contributed by atoms with Gasteiger partial charge in [-0.05, 0) is 31.1 Å². The maximum Gasteiger partial charge on any atom is 0.161 e. The van der Waals surface area contributed by atoms with Crippen LogP contribution < -0.4 is 5.32 Å². The molecule has 104 valence electrons. The lowest BCUT2D eigenvalue weighted by Gasteiger charge is -2.52. The van der Waals surface area contributed by atoms with Gasteiger partial charge in [-0.15, -0.1) is 0 Å². The molecule has 1 aromatic carbocycles. The molecule has 19 heavy (non-hydrogen) atoms. The van der Waals surface area contributed by atoms with Gasteiger partial charge in [0.1, 0.15) is 5.82 Å². The van der Waals surface area contributed by atoms with Crippen molar-refractivity contribution in [3.05, 3.63) is 29.6 Å². The molecule has 1 N–H and O–H groups in total. The van der Waals surface area contributed by atoms with Crippen LogP contribution in [0.1, 0.15) is 44.9 Å². The van der Waals surface area contributed by atoms with Gasteiger partial charge < -0.3 is 5.32 Å². The van der Waals surface area contributed by atoms with E-state index in [0.717, 1.165) is 31.7 Å². The lowest BCUT2D eigenvalue weighted by Crippen LogP contribution is -2.50. The van der Waals surface area contributed by atoms with E-state index < -0.39 is 17.5 Å². The second-order valence-electron chi connectivity index (χ2n) is 5.90. The summed E-state index contributed by atoms with van der Waals surface area (Å²) in [7, 11) is 0. The molecule has 1 aromatic rings. The van der Waals surface area contributed by atoms with Gasteiger partial charge in [-0.2, -0.15) is 0 Å². The van der Waals surface area contributed by atoms with E-state index in [9.17, 15) is 13.2 Å². The lowest BCUT2D eigenvalue weighted by molar-refractivity contribution is 0.0569. The number of nitrogens with one attached hydrogen (secondary N) is 1. The molecule has 1 spiro atoms. The van der Waals surface area contributed by atoms with Crippen LogP contribution >= 0.6 is 0 Å². The van der Waals surface area contributed by atoms with Crippen LogP contribution in [-0.2, 0) is 0 Å². The molecule has 0 heterocycles. The fourth-order valence-corrected chi connectivity index (χ4v) is 3.60. The van der Waals surface area contributed by atoms with Crippen LogP contribution in [0.4, 0.5) is 18.9 Å². The van der Waals surface area contributed by atoms with Gasteiger partial charge in [0, 0.05) is 18.2 Å². The third-order valence-corrected chi connectivity index (χ3v) is 4.86. The zero-order chi connectivity index (χ0) is 13.5. The molecule has 1 nitrogen and oxygen atoms in total. The molecule has 3 rings (SSSR count). The summed E-state index contributed by atoms with van der Waals surface area (Å²) >= 11 is 0. The quantitative estimate of drug-likeness (QED) is 0.772. The molecule has 0 radical (unpaired) electrons. The summed E-state index contributed by atoms with van der Waals surface area (Å²) in [5, 5.41) is 3.09. The molecule has 2 saturated carbocycles. The molecule has 2 aliphatic rings. The van der Waals surface area contributed by atoms with Crippen LogP contribution in [0.5, 0.6) is 0 Å². The molecule has 0 bridgehead atoms. The zero-order valence-electron chi connectivity index (χ0n) is 10.8. The molecule has 1 unspecified atom stereocenters. The number of hydrogen-bond acceptors (Lipinski definition) is 1. The average Bonchev–Trinajstić information content (AvgIpc) is 2.41. The van der Waals surface area contributed by atoms with Crippen molar-refractivity contribution in [2.75, 3.05) is 5.32 Å². The summed E-state index contributed by atoms with van der Waals surface area (Å²) in [6.45, 7) is 0. The minimum Gasteiger partial charge on any atom is -0.379 e. The van der Waals surface area contributed by atoms with Crippen LogP contribution in [0, 0.1) is 22.9 Å². The summed E-state index contributed by atoms with van der Waals surface area (Å²) in [5.41, 5.74) is 0.351. The molecular formula is C15H18F3N. The zero-order valence-corrected chi connectivity index (χ0v) is 10.8. The van der Waals surface area contributed by atoms with Crippen LogP contribution in [0.3, 0.4) is 0 Å². The fourth-order valence-electron chi connectivity index (χ4n) is 3.60. The Morgan fingerprint density at radius 2 is 1.58 bits per heavy atom. The summed E-state index contributed by atoms with van der Waals surface area (Å²) in [4.78, 5) is 0. The number of benzene rings is 1. The first-order chi connectivity index (χ1) is 9.11. The maximum atomic E-state index is 13.6. The van der Waals surface area contributed by atoms with Gasteiger partial charge in [0.2, 0.25) is 0 Å². The van der Waals surface area contributed by atoms with E-state index in [0.29, 0.717) is 6.07 Å². The Hall–Kier alpha value is -1.19. The summed E-state index contributed by atoms with van der Waals surface area (Å²) in [5.74, 6) is -2.85. The Balaban J connectivity index is 1.76. The van der Waals surface area contributed by atoms with E-state index in [-0.39, 0.29) is 17.1 Å². The standard InChI is InChI=1S/C15H18F3N/c16-10-8-12(18)13(9-11(10)17)19-14-4-7-15(14)5-2-1-3-6-15/h8-9,14,19H,1-7H2. The third-order valence-electron chi connectivity index (χ3n) is 4.86. The largest absolute Gasteiger partial charge is 0.379 e. The van der Waals surface area contributed by atoms with Crippen molar-refractivity contribution in [1.29, 1.82) is 0 Å². The van der Waals surface area contributed by atoms with Gasteiger partial charge in [-0.3, -0.25) is 0 Å². The van der Waals surface area contributed by atoms with Crippen molar-refractivity contribution < 1.29 is 13.2 Å². The smallest absolute Gasteiger partial charge is 0.161 e. The average molecular weight is 269 g/mol. The second kappa shape index (κ2) is 4.73. The van der Waals surface area contributed by atoms with Gasteiger partial charge in [0.15, 0.2) is 11.6 Å². The van der Waals surface area contributed by atoms with Crippen molar-refractivity contribution in [1.82, 2.24) is 0 Å². The summed E-state index contributed by atoms with van der Waals surface area (Å²) in [6, 6.07) is 1.75. The highest BCUT2D eigenvalue weighted by atomic mass is 19.2. The first kappa shape index (κ1) is 12.8. The van der Waals surface area contributed by atoms with Crippen molar-refractivity contribution >= 4 is 5.69 Å². The summed E-state index contributed by atoms with van der Waals surface area (Å²) < 4.78 is 39.7. The molecule has 1 atom stereocenters. The van der Waals surface area contributed by atoms with E-state index in [1.807, 2.05) is 0 Å². The van der Waals surface area contributed by atoms with Gasteiger partial charge >= 0.3 is 0 Å². The highest BCUT2D eigenvalue weighted by molar-refractivity contribution is 5.47. The lowest BCUT2D eigenvalue weighted by atomic mass is 9.57. The van der Waals surface area contributed by atoms with Gasteiger partial charge in [0.05, 0.1) is 5.69 Å². The monoisotopic (exact) mass is 269 g/mol. The minimum atomic E-state index is -1.14. The molecule has 0 amide bonds. The number of halogens is 3. The van der Waals surface area contributed by atoms with Gasteiger partial charge in [-0.25, -0.2) is 13.2 Å². The van der Waals surface area contributed by atoms with E-state index in [1.165, 1.54) is 19.3 Å². The van der Waals surface area contributed by atoms with Gasteiger partial charge in [-0.1, -0.05) is 19.3 Å². The van der Waals surface area contributed by atoms with Crippen molar-refractivity contribution in [2.45, 2.75) is 51.0 Å². The highest BCUT2D eigenvalue weighted by Gasteiger charge is 2.46. The number of anilines is 1. The Bertz CT molecular complexity index is 481. The van der Waals surface area contributed by atoms with Crippen molar-refractivity contribution in [2.24, 2.45) is 5.41 Å². The molecule has 2 fully saturated rings. The van der Waals surface area contributed by atoms with E-state index in [1.54, 1.807) is 0 Å². The first-order valence-corrected chi connectivity index (χ1v) is 7.02. The molecule has 0 aliphatic heterocycles. The first-order valence-electron chi connectivity index (χ1n) is 7.02. The Morgan fingerprint density at radius 3 is 2.21 bits per heavy atom. The fraction of sp³-hybridized carbons (Fsp3) is 0.600. The van der Waals surface area contributed by atoms with E-state index in [4.69, 9.17) is 0 Å². The van der Waals surface area contributed by atoms with Gasteiger partial charge in [0.25, 0.3) is 0 Å². The van der Waals surface area contributed by atoms with Crippen molar-refractivity contribution in [3.63, 3.8) is 0 Å². The molecular weight excluding hydrogens is 251 g/mol. The Morgan fingerprint density at radius 1 is 0.895 bits per heavy atom. The normalized spacial score (nSPS) is 25.1.